The summed E-state index contributed by atoms with van der Waals surface area (Å²) in [5, 5.41) is 10.0. The number of nitrogens with two attached hydrogens (primary N) is 1. The van der Waals surface area contributed by atoms with Crippen molar-refractivity contribution in [2.45, 2.75) is 30.0 Å². The third-order valence-electron chi connectivity index (χ3n) is 4.30. The molecule has 8 nitrogen and oxygen atoms in total. The average Bonchev–Trinajstić information content (AvgIpc) is 2.60. The molecule has 1 amide bonds. The molecule has 1 aromatic heterocycles. The molecule has 3 heterocycles. The normalized spacial score (nSPS) is 28.0. The second kappa shape index (κ2) is 5.83. The minimum Gasteiger partial charge on any atom is -0.548 e. The van der Waals surface area contributed by atoms with Crippen LogP contribution in [0.2, 0.25) is 0 Å². The molecule has 0 aromatic carbocycles. The summed E-state index contributed by atoms with van der Waals surface area (Å²) < 4.78 is 23.6. The number of β-lactam (4-membered cyclic amide) rings is 1. The predicted octanol–water partition coefficient (Wildman–Crippen LogP) is -4.45. The number of rotatable bonds is 2. The molecule has 2 saturated heterocycles. The van der Waals surface area contributed by atoms with Crippen molar-refractivity contribution in [2.24, 2.45) is 0 Å². The molecule has 0 spiro atoms. The third-order valence-corrected chi connectivity index (χ3v) is 7.06. The first kappa shape index (κ1) is 18.9. The van der Waals surface area contributed by atoms with Crippen LogP contribution in [0, 0.1) is 0 Å². The monoisotopic (exact) mass is 359 g/mol. The number of carboxylic acid groups (broad SMARTS) is 1. The van der Waals surface area contributed by atoms with E-state index in [1.807, 2.05) is 0 Å². The SMILES string of the molecule is CC1(C)[C@H](C(=O)[O-])N2C(=O)/C(=C/c3ccc(N)cn3)[C@H]2S1(=O)=O.[Na+]. The van der Waals surface area contributed by atoms with E-state index in [1.54, 1.807) is 12.1 Å². The summed E-state index contributed by atoms with van der Waals surface area (Å²) in [6, 6.07) is 1.60. The molecule has 10 heteroatoms. The van der Waals surface area contributed by atoms with Crippen molar-refractivity contribution in [3.8, 4) is 0 Å². The minimum atomic E-state index is -3.91. The number of carbonyl (C=O) groups is 2. The predicted molar refractivity (Wildman–Crippen MR) is 79.1 cm³/mol. The van der Waals surface area contributed by atoms with Gasteiger partial charge in [0, 0.05) is 0 Å². The number of anilines is 1. The molecule has 2 aliphatic heterocycles. The van der Waals surface area contributed by atoms with Crippen LogP contribution in [0.25, 0.3) is 6.08 Å². The van der Waals surface area contributed by atoms with Crippen LogP contribution in [0.3, 0.4) is 0 Å². The number of carbonyl (C=O) groups excluding carboxylic acids is 2. The van der Waals surface area contributed by atoms with Crippen LogP contribution in [0.4, 0.5) is 5.69 Å². The number of aliphatic carboxylic acids is 1. The summed E-state index contributed by atoms with van der Waals surface area (Å²) in [6.45, 7) is 2.57. The molecule has 1 aromatic rings. The number of carboxylic acids is 1. The molecule has 24 heavy (non-hydrogen) atoms. The Morgan fingerprint density at radius 1 is 1.42 bits per heavy atom. The van der Waals surface area contributed by atoms with E-state index in [0.717, 1.165) is 4.90 Å². The maximum Gasteiger partial charge on any atom is 1.00 e. The Balaban J connectivity index is 0.00000208. The number of nitrogens with zero attached hydrogens (tertiary/aromatic N) is 2. The number of hydrogen-bond acceptors (Lipinski definition) is 7. The molecule has 122 valence electrons. The van der Waals surface area contributed by atoms with Gasteiger partial charge in [-0.05, 0) is 32.1 Å². The van der Waals surface area contributed by atoms with Crippen LogP contribution < -0.4 is 40.4 Å². The fourth-order valence-corrected chi connectivity index (χ4v) is 5.10. The molecule has 2 atom stereocenters. The number of fused-ring (bicyclic) bond motifs is 1. The van der Waals surface area contributed by atoms with Crippen molar-refractivity contribution in [3.05, 3.63) is 29.6 Å². The van der Waals surface area contributed by atoms with E-state index in [4.69, 9.17) is 5.73 Å². The second-order valence-electron chi connectivity index (χ2n) is 6.05. The Morgan fingerprint density at radius 2 is 2.04 bits per heavy atom. The molecule has 0 saturated carbocycles. The molecule has 2 N–H and O–H groups in total. The maximum absolute atomic E-state index is 12.6. The van der Waals surface area contributed by atoms with E-state index in [2.05, 4.69) is 4.98 Å². The Bertz CT molecular complexity index is 848. The zero-order chi connectivity index (χ0) is 17.2. The van der Waals surface area contributed by atoms with Gasteiger partial charge in [-0.15, -0.1) is 0 Å². The quantitative estimate of drug-likeness (QED) is 0.320. The third kappa shape index (κ3) is 2.38. The van der Waals surface area contributed by atoms with Gasteiger partial charge in [0.25, 0.3) is 5.91 Å². The largest absolute Gasteiger partial charge is 1.00 e. The topological polar surface area (TPSA) is 133 Å². The van der Waals surface area contributed by atoms with Crippen molar-refractivity contribution in [1.29, 1.82) is 0 Å². The van der Waals surface area contributed by atoms with Crippen LogP contribution in [0.15, 0.2) is 23.9 Å². The smallest absolute Gasteiger partial charge is 0.548 e. The van der Waals surface area contributed by atoms with E-state index >= 15 is 0 Å². The molecule has 0 unspecified atom stereocenters. The molecule has 2 aliphatic rings. The zero-order valence-corrected chi connectivity index (χ0v) is 16.2. The number of pyridine rings is 1. The molecule has 0 bridgehead atoms. The van der Waals surface area contributed by atoms with Crippen LogP contribution in [-0.4, -0.2) is 46.3 Å². The van der Waals surface area contributed by atoms with Gasteiger partial charge in [-0.1, -0.05) is 0 Å². The average molecular weight is 359 g/mol. The van der Waals surface area contributed by atoms with Crippen molar-refractivity contribution < 1.29 is 52.7 Å². The molecular formula is C14H14N3NaO5S. The van der Waals surface area contributed by atoms with Gasteiger partial charge in [-0.2, -0.15) is 0 Å². The van der Waals surface area contributed by atoms with Gasteiger partial charge in [0.1, 0.15) is 0 Å². The molecule has 0 aliphatic carbocycles. The number of hydrogen-bond donors (Lipinski definition) is 1. The van der Waals surface area contributed by atoms with Gasteiger partial charge in [-0.3, -0.25) is 9.78 Å². The van der Waals surface area contributed by atoms with Gasteiger partial charge in [-0.25, -0.2) is 8.42 Å². The molecule has 2 fully saturated rings. The Morgan fingerprint density at radius 3 is 2.54 bits per heavy atom. The van der Waals surface area contributed by atoms with Crippen LogP contribution >= 0.6 is 0 Å². The van der Waals surface area contributed by atoms with Gasteiger partial charge in [0.05, 0.1) is 39.9 Å². The summed E-state index contributed by atoms with van der Waals surface area (Å²) in [5.41, 5.74) is 6.32. The first-order valence-corrected chi connectivity index (χ1v) is 8.34. The summed E-state index contributed by atoms with van der Waals surface area (Å²) in [5.74, 6) is -2.23. The van der Waals surface area contributed by atoms with Crippen LogP contribution in [-0.2, 0) is 19.4 Å². The van der Waals surface area contributed by atoms with Gasteiger partial charge in [0.15, 0.2) is 15.2 Å². The maximum atomic E-state index is 12.6. The Labute approximate surface area is 160 Å². The summed E-state index contributed by atoms with van der Waals surface area (Å²) in [4.78, 5) is 28.4. The van der Waals surface area contributed by atoms with E-state index < -0.39 is 37.9 Å². The fraction of sp³-hybridized carbons (Fsp3) is 0.357. The van der Waals surface area contributed by atoms with Gasteiger partial charge < -0.3 is 20.5 Å². The van der Waals surface area contributed by atoms with E-state index in [0.29, 0.717) is 11.4 Å². The second-order valence-corrected chi connectivity index (χ2v) is 8.64. The summed E-state index contributed by atoms with van der Waals surface area (Å²) in [6.07, 6.45) is 2.72. The Kier molecular flexibility index (Phi) is 4.60. The first-order valence-electron chi connectivity index (χ1n) is 6.79. The zero-order valence-electron chi connectivity index (χ0n) is 13.4. The molecule has 3 rings (SSSR count). The van der Waals surface area contributed by atoms with Crippen molar-refractivity contribution in [2.75, 3.05) is 5.73 Å². The van der Waals surface area contributed by atoms with Crippen molar-refractivity contribution in [3.63, 3.8) is 0 Å². The minimum absolute atomic E-state index is 0. The first-order chi connectivity index (χ1) is 10.6. The number of nitrogen functional groups attached to an aromatic ring is 1. The number of sulfone groups is 1. The number of amides is 1. The van der Waals surface area contributed by atoms with E-state index in [9.17, 15) is 23.1 Å². The summed E-state index contributed by atoms with van der Waals surface area (Å²) >= 11 is 0. The van der Waals surface area contributed by atoms with E-state index in [-0.39, 0.29) is 35.1 Å². The van der Waals surface area contributed by atoms with Crippen LogP contribution in [0.1, 0.15) is 19.5 Å². The fourth-order valence-electron chi connectivity index (χ4n) is 2.98. The molecule has 0 radical (unpaired) electrons. The standard InChI is InChI=1S/C14H15N3O5S.Na/c1-14(2)10(13(19)20)17-11(18)9(12(17)23(14,21)22)5-8-4-3-7(15)6-16-8;/h3-6,10,12H,15H2,1-2H3,(H,19,20);/q;+1/p-1/b9-5-;/t10-,12+;/m0./s1. The van der Waals surface area contributed by atoms with Gasteiger partial charge >= 0.3 is 29.6 Å². The molecular weight excluding hydrogens is 345 g/mol. The number of aromatic nitrogens is 1. The Hall–Kier alpha value is -1.42. The van der Waals surface area contributed by atoms with Gasteiger partial charge in [0.2, 0.25) is 0 Å². The van der Waals surface area contributed by atoms with Crippen molar-refractivity contribution in [1.82, 2.24) is 9.88 Å². The van der Waals surface area contributed by atoms with Crippen LogP contribution in [0.5, 0.6) is 0 Å². The summed E-state index contributed by atoms with van der Waals surface area (Å²) in [7, 11) is -3.91. The van der Waals surface area contributed by atoms with Crippen molar-refractivity contribution >= 4 is 33.5 Å². The van der Waals surface area contributed by atoms with E-state index in [1.165, 1.54) is 26.1 Å².